The van der Waals surface area contributed by atoms with Crippen LogP contribution in [-0.2, 0) is 0 Å². The average Bonchev–Trinajstić information content (AvgIpc) is 2.66. The van der Waals surface area contributed by atoms with Crippen LogP contribution in [0, 0.1) is 13.8 Å². The molecule has 3 rings (SSSR count). The highest BCUT2D eigenvalue weighted by Gasteiger charge is 2.08. The predicted molar refractivity (Wildman–Crippen MR) is 114 cm³/mol. The molecule has 0 heteroatoms. The molecule has 0 atom stereocenters. The number of hydrogen-bond donors (Lipinski definition) is 0. The van der Waals surface area contributed by atoms with Gasteiger partial charge in [0, 0.05) is 0 Å². The van der Waals surface area contributed by atoms with Gasteiger partial charge in [-0.05, 0) is 67.2 Å². The minimum atomic E-state index is 1.25. The zero-order valence-electron chi connectivity index (χ0n) is 16.1. The van der Waals surface area contributed by atoms with Crippen LogP contribution in [0.3, 0.4) is 0 Å². The number of aryl methyl sites for hydroxylation is 2. The topological polar surface area (TPSA) is 0 Å². The summed E-state index contributed by atoms with van der Waals surface area (Å²) in [5.41, 5.74) is 10.1. The number of allylic oxidation sites excluding steroid dienone is 2. The summed E-state index contributed by atoms with van der Waals surface area (Å²) in [5.74, 6) is 0. The molecule has 0 unspecified atom stereocenters. The first-order valence-corrected chi connectivity index (χ1v) is 9.20. The lowest BCUT2D eigenvalue weighted by Crippen LogP contribution is -1.92. The van der Waals surface area contributed by atoms with Gasteiger partial charge in [0.15, 0.2) is 0 Å². The van der Waals surface area contributed by atoms with E-state index in [1.807, 2.05) is 0 Å². The van der Waals surface area contributed by atoms with E-state index in [0.717, 1.165) is 0 Å². The molecule has 0 fully saturated rings. The molecule has 0 aliphatic heterocycles. The van der Waals surface area contributed by atoms with Crippen LogP contribution in [0.5, 0.6) is 0 Å². The van der Waals surface area contributed by atoms with E-state index in [9.17, 15) is 0 Å². The van der Waals surface area contributed by atoms with Crippen molar-refractivity contribution in [1.29, 1.82) is 0 Å². The summed E-state index contributed by atoms with van der Waals surface area (Å²) in [5, 5.41) is 0. The molecule has 0 spiro atoms. The summed E-state index contributed by atoms with van der Waals surface area (Å²) >= 11 is 0. The quantitative estimate of drug-likeness (QED) is 0.471. The first-order valence-electron chi connectivity index (χ1n) is 9.20. The third-order valence-electron chi connectivity index (χ3n) is 4.79. The molecule has 0 saturated heterocycles. The maximum absolute atomic E-state index is 2.30. The Balaban J connectivity index is 2.01. The zero-order valence-corrected chi connectivity index (χ0v) is 16.1. The molecule has 0 N–H and O–H groups in total. The Morgan fingerprint density at radius 2 is 0.923 bits per heavy atom. The Morgan fingerprint density at radius 3 is 1.27 bits per heavy atom. The summed E-state index contributed by atoms with van der Waals surface area (Å²) < 4.78 is 0. The monoisotopic (exact) mass is 338 g/mol. The van der Waals surface area contributed by atoms with Gasteiger partial charge in [0.05, 0.1) is 0 Å². The molecule has 0 amide bonds. The predicted octanol–water partition coefficient (Wildman–Crippen LogP) is 7.21. The maximum Gasteiger partial charge on any atom is -0.0154 e. The third kappa shape index (κ3) is 3.86. The van der Waals surface area contributed by atoms with Crippen LogP contribution in [0.1, 0.15) is 47.2 Å². The van der Waals surface area contributed by atoms with Crippen LogP contribution < -0.4 is 0 Å². The Bertz CT molecular complexity index is 859. The van der Waals surface area contributed by atoms with Gasteiger partial charge in [-0.2, -0.15) is 0 Å². The molecule has 130 valence electrons. The molecule has 0 aliphatic carbocycles. The lowest BCUT2D eigenvalue weighted by atomic mass is 9.91. The third-order valence-corrected chi connectivity index (χ3v) is 4.79. The van der Waals surface area contributed by atoms with Crippen LogP contribution >= 0.6 is 0 Å². The lowest BCUT2D eigenvalue weighted by Gasteiger charge is -2.13. The first-order chi connectivity index (χ1) is 12.6. The van der Waals surface area contributed by atoms with Gasteiger partial charge in [-0.25, -0.2) is 0 Å². The van der Waals surface area contributed by atoms with Gasteiger partial charge in [-0.1, -0.05) is 90.0 Å². The van der Waals surface area contributed by atoms with Crippen molar-refractivity contribution in [1.82, 2.24) is 0 Å². The molecule has 0 aromatic heterocycles. The van der Waals surface area contributed by atoms with E-state index < -0.39 is 0 Å². The molecule has 0 radical (unpaired) electrons. The van der Waals surface area contributed by atoms with Gasteiger partial charge in [0.1, 0.15) is 0 Å². The first kappa shape index (κ1) is 17.9. The van der Waals surface area contributed by atoms with Crippen LogP contribution in [-0.4, -0.2) is 0 Å². The van der Waals surface area contributed by atoms with Crippen LogP contribution in [0.4, 0.5) is 0 Å². The summed E-state index contributed by atoms with van der Waals surface area (Å²) in [4.78, 5) is 0. The molecule has 3 aromatic carbocycles. The lowest BCUT2D eigenvalue weighted by molar-refractivity contribution is 1.43. The number of benzene rings is 3. The minimum Gasteiger partial charge on any atom is -0.0792 e. The van der Waals surface area contributed by atoms with E-state index in [-0.39, 0.29) is 0 Å². The zero-order chi connectivity index (χ0) is 18.5. The fraction of sp³-hybridized carbons (Fsp3) is 0.154. The molecular weight excluding hydrogens is 312 g/mol. The van der Waals surface area contributed by atoms with E-state index in [2.05, 4.69) is 113 Å². The van der Waals surface area contributed by atoms with E-state index in [4.69, 9.17) is 0 Å². The van der Waals surface area contributed by atoms with Crippen molar-refractivity contribution in [2.75, 3.05) is 0 Å². The standard InChI is InChI=1S/C26H26/c1-5-25(21-14-10-19(3)11-15-21)23-8-7-9-24(18-23)26(6-2)22-16-12-20(4)13-17-22/h5-18H,1-4H3/b25-5-,26-6+. The normalized spacial score (nSPS) is 12.3. The summed E-state index contributed by atoms with van der Waals surface area (Å²) in [6.45, 7) is 8.47. The Hall–Kier alpha value is -2.86. The number of rotatable bonds is 4. The van der Waals surface area contributed by atoms with Gasteiger partial charge in [0.25, 0.3) is 0 Å². The fourth-order valence-electron chi connectivity index (χ4n) is 3.32. The molecule has 3 aromatic rings. The van der Waals surface area contributed by atoms with Crippen molar-refractivity contribution in [3.63, 3.8) is 0 Å². The molecule has 0 bridgehead atoms. The Morgan fingerprint density at radius 1 is 0.538 bits per heavy atom. The van der Waals surface area contributed by atoms with Crippen LogP contribution in [0.15, 0.2) is 84.9 Å². The van der Waals surface area contributed by atoms with Gasteiger partial charge >= 0.3 is 0 Å². The van der Waals surface area contributed by atoms with E-state index in [1.165, 1.54) is 44.5 Å². The summed E-state index contributed by atoms with van der Waals surface area (Å²) in [7, 11) is 0. The maximum atomic E-state index is 2.30. The van der Waals surface area contributed by atoms with Crippen molar-refractivity contribution in [2.45, 2.75) is 27.7 Å². The Kier molecular flexibility index (Phi) is 5.53. The minimum absolute atomic E-state index is 1.25. The van der Waals surface area contributed by atoms with Crippen molar-refractivity contribution in [3.8, 4) is 0 Å². The highest BCUT2D eigenvalue weighted by atomic mass is 14.1. The highest BCUT2D eigenvalue weighted by molar-refractivity contribution is 5.85. The van der Waals surface area contributed by atoms with Crippen molar-refractivity contribution >= 4 is 11.1 Å². The van der Waals surface area contributed by atoms with Crippen LogP contribution in [0.25, 0.3) is 11.1 Å². The van der Waals surface area contributed by atoms with Gasteiger partial charge in [0.2, 0.25) is 0 Å². The van der Waals surface area contributed by atoms with Crippen molar-refractivity contribution in [2.24, 2.45) is 0 Å². The van der Waals surface area contributed by atoms with E-state index in [1.54, 1.807) is 0 Å². The second-order valence-electron chi connectivity index (χ2n) is 6.72. The molecule has 0 aliphatic rings. The van der Waals surface area contributed by atoms with Crippen molar-refractivity contribution in [3.05, 3.63) is 118 Å². The molecule has 26 heavy (non-hydrogen) atoms. The second kappa shape index (κ2) is 8.01. The van der Waals surface area contributed by atoms with Gasteiger partial charge in [-0.3, -0.25) is 0 Å². The largest absolute Gasteiger partial charge is 0.0792 e. The van der Waals surface area contributed by atoms with Crippen LogP contribution in [0.2, 0.25) is 0 Å². The number of hydrogen-bond acceptors (Lipinski definition) is 0. The molecular formula is C26H26. The second-order valence-corrected chi connectivity index (χ2v) is 6.72. The SMILES string of the molecule is C/C=C(/c1ccc(C)cc1)c1cccc(/C(=C/C)c2ccc(C)cc2)c1. The van der Waals surface area contributed by atoms with Crippen molar-refractivity contribution < 1.29 is 0 Å². The highest BCUT2D eigenvalue weighted by Crippen LogP contribution is 2.29. The fourth-order valence-corrected chi connectivity index (χ4v) is 3.32. The van der Waals surface area contributed by atoms with E-state index >= 15 is 0 Å². The van der Waals surface area contributed by atoms with Gasteiger partial charge in [-0.15, -0.1) is 0 Å². The average molecular weight is 338 g/mol. The summed E-state index contributed by atoms with van der Waals surface area (Å²) in [6, 6.07) is 26.3. The molecule has 0 saturated carbocycles. The smallest absolute Gasteiger partial charge is 0.0154 e. The molecule has 0 heterocycles. The van der Waals surface area contributed by atoms with E-state index in [0.29, 0.717) is 0 Å². The summed E-state index contributed by atoms with van der Waals surface area (Å²) in [6.07, 6.45) is 4.40. The molecule has 0 nitrogen and oxygen atoms in total. The Labute approximate surface area is 157 Å². The van der Waals surface area contributed by atoms with Gasteiger partial charge < -0.3 is 0 Å².